The second kappa shape index (κ2) is 7.87. The Kier molecular flexibility index (Phi) is 5.55. The molecule has 1 N–H and O–H groups in total. The van der Waals surface area contributed by atoms with Crippen molar-refractivity contribution in [3.8, 4) is 0 Å². The molecule has 142 valence electrons. The first kappa shape index (κ1) is 19.0. The Labute approximate surface area is 158 Å². The highest BCUT2D eigenvalue weighted by Gasteiger charge is 2.29. The van der Waals surface area contributed by atoms with Gasteiger partial charge in [0.25, 0.3) is 0 Å². The number of nitrogens with zero attached hydrogens (tertiary/aromatic N) is 2. The van der Waals surface area contributed by atoms with Crippen LogP contribution in [-0.2, 0) is 14.8 Å². The van der Waals surface area contributed by atoms with Crippen molar-refractivity contribution in [1.82, 2.24) is 4.98 Å². The third kappa shape index (κ3) is 4.51. The Bertz CT molecular complexity index is 958. The van der Waals surface area contributed by atoms with Crippen LogP contribution in [0, 0.1) is 6.92 Å². The maximum atomic E-state index is 12.2. The van der Waals surface area contributed by atoms with Crippen molar-refractivity contribution in [2.75, 3.05) is 21.9 Å². The molecule has 0 aliphatic carbocycles. The van der Waals surface area contributed by atoms with E-state index in [1.165, 1.54) is 10.5 Å². The fourth-order valence-electron chi connectivity index (χ4n) is 2.99. The van der Waals surface area contributed by atoms with Gasteiger partial charge >= 0.3 is 0 Å². The number of hydrogen-bond acceptors (Lipinski definition) is 5. The van der Waals surface area contributed by atoms with Crippen LogP contribution in [0.1, 0.15) is 35.2 Å². The van der Waals surface area contributed by atoms with E-state index in [1.54, 1.807) is 36.5 Å². The Hall–Kier alpha value is -2.74. The Balaban J connectivity index is 1.65. The first-order valence-corrected chi connectivity index (χ1v) is 10.3. The molecule has 2 heterocycles. The first-order valence-electron chi connectivity index (χ1n) is 8.71. The number of benzene rings is 1. The van der Waals surface area contributed by atoms with Gasteiger partial charge in [-0.2, -0.15) is 0 Å². The number of pyridine rings is 1. The second-order valence-corrected chi connectivity index (χ2v) is 8.47. The summed E-state index contributed by atoms with van der Waals surface area (Å²) >= 11 is 0. The van der Waals surface area contributed by atoms with Crippen LogP contribution in [0.5, 0.6) is 0 Å². The van der Waals surface area contributed by atoms with Crippen LogP contribution >= 0.6 is 0 Å². The van der Waals surface area contributed by atoms with Gasteiger partial charge in [0.1, 0.15) is 0 Å². The van der Waals surface area contributed by atoms with Crippen LogP contribution in [0.4, 0.5) is 11.4 Å². The van der Waals surface area contributed by atoms with Crippen LogP contribution < -0.4 is 9.62 Å². The summed E-state index contributed by atoms with van der Waals surface area (Å²) in [6.45, 7) is 2.28. The van der Waals surface area contributed by atoms with Gasteiger partial charge < -0.3 is 5.32 Å². The predicted molar refractivity (Wildman–Crippen MR) is 103 cm³/mol. The van der Waals surface area contributed by atoms with Crippen molar-refractivity contribution < 1.29 is 18.0 Å². The minimum absolute atomic E-state index is 0.0406. The molecule has 1 amide bonds. The third-order valence-electron chi connectivity index (χ3n) is 4.42. The van der Waals surface area contributed by atoms with Gasteiger partial charge in [-0.25, -0.2) is 8.42 Å². The molecule has 1 aromatic carbocycles. The molecule has 1 saturated heterocycles. The van der Waals surface area contributed by atoms with Crippen LogP contribution in [0.25, 0.3) is 0 Å². The molecular weight excluding hydrogens is 366 g/mol. The number of carbonyl (C=O) groups is 2. The van der Waals surface area contributed by atoms with Gasteiger partial charge in [-0.15, -0.1) is 0 Å². The first-order chi connectivity index (χ1) is 12.9. The van der Waals surface area contributed by atoms with E-state index in [9.17, 15) is 18.0 Å². The van der Waals surface area contributed by atoms with Gasteiger partial charge in [-0.05, 0) is 43.2 Å². The number of amides is 1. The molecule has 1 aromatic heterocycles. The third-order valence-corrected chi connectivity index (χ3v) is 6.28. The summed E-state index contributed by atoms with van der Waals surface area (Å²) in [7, 11) is -3.29. The van der Waals surface area contributed by atoms with Crippen molar-refractivity contribution in [2.45, 2.75) is 26.2 Å². The zero-order chi connectivity index (χ0) is 19.4. The predicted octanol–water partition coefficient (Wildman–Crippen LogP) is 2.53. The van der Waals surface area contributed by atoms with Crippen LogP contribution in [0.2, 0.25) is 0 Å². The highest BCUT2D eigenvalue weighted by Crippen LogP contribution is 2.30. The Morgan fingerprint density at radius 1 is 1.22 bits per heavy atom. The van der Waals surface area contributed by atoms with E-state index in [-0.39, 0.29) is 30.3 Å². The molecule has 0 unspecified atom stereocenters. The molecule has 3 rings (SSSR count). The molecule has 0 bridgehead atoms. The fraction of sp³-hybridized carbons (Fsp3) is 0.316. The van der Waals surface area contributed by atoms with Crippen molar-refractivity contribution in [1.29, 1.82) is 0 Å². The largest absolute Gasteiger partial charge is 0.326 e. The maximum absolute atomic E-state index is 12.2. The lowest BCUT2D eigenvalue weighted by atomic mass is 10.1. The molecule has 1 aliphatic heterocycles. The summed E-state index contributed by atoms with van der Waals surface area (Å²) in [5, 5.41) is 2.74. The van der Waals surface area contributed by atoms with Crippen LogP contribution in [-0.4, -0.2) is 37.4 Å². The van der Waals surface area contributed by atoms with E-state index in [0.29, 0.717) is 29.9 Å². The van der Waals surface area contributed by atoms with Gasteiger partial charge in [-0.1, -0.05) is 6.07 Å². The summed E-state index contributed by atoms with van der Waals surface area (Å²) < 4.78 is 25.7. The lowest BCUT2D eigenvalue weighted by Crippen LogP contribution is -2.26. The van der Waals surface area contributed by atoms with E-state index in [0.717, 1.165) is 5.56 Å². The van der Waals surface area contributed by atoms with E-state index in [4.69, 9.17) is 0 Å². The van der Waals surface area contributed by atoms with Crippen LogP contribution in [0.15, 0.2) is 42.7 Å². The number of aryl methyl sites for hydroxylation is 1. The van der Waals surface area contributed by atoms with E-state index in [1.807, 2.05) is 6.92 Å². The summed E-state index contributed by atoms with van der Waals surface area (Å²) in [5.41, 5.74) is 2.39. The number of Topliss-reactive ketones (excluding diaryl/α,β-unsaturated/α-hetero) is 1. The average molecular weight is 387 g/mol. The van der Waals surface area contributed by atoms with Gasteiger partial charge in [0, 0.05) is 43.0 Å². The summed E-state index contributed by atoms with van der Waals surface area (Å²) in [6.07, 6.45) is 3.77. The summed E-state index contributed by atoms with van der Waals surface area (Å²) in [5.74, 6) is -0.309. The van der Waals surface area contributed by atoms with Gasteiger partial charge in [0.2, 0.25) is 15.9 Å². The van der Waals surface area contributed by atoms with E-state index < -0.39 is 10.0 Å². The fourth-order valence-corrected chi connectivity index (χ4v) is 4.61. The lowest BCUT2D eigenvalue weighted by Gasteiger charge is -2.20. The summed E-state index contributed by atoms with van der Waals surface area (Å²) in [4.78, 5) is 28.1. The van der Waals surface area contributed by atoms with E-state index >= 15 is 0 Å². The molecule has 7 nitrogen and oxygen atoms in total. The lowest BCUT2D eigenvalue weighted by molar-refractivity contribution is -0.116. The topological polar surface area (TPSA) is 96.4 Å². The number of hydrogen-bond donors (Lipinski definition) is 1. The minimum atomic E-state index is -3.29. The monoisotopic (exact) mass is 387 g/mol. The van der Waals surface area contributed by atoms with Crippen molar-refractivity contribution >= 4 is 33.1 Å². The number of ketones is 1. The van der Waals surface area contributed by atoms with Gasteiger partial charge in [-0.3, -0.25) is 18.9 Å². The number of rotatable bonds is 6. The number of sulfonamides is 1. The van der Waals surface area contributed by atoms with Crippen molar-refractivity contribution in [2.24, 2.45) is 0 Å². The number of anilines is 2. The number of aromatic nitrogens is 1. The molecule has 0 atom stereocenters. The molecule has 2 aromatic rings. The Morgan fingerprint density at radius 2 is 2.04 bits per heavy atom. The molecule has 1 aliphatic rings. The SMILES string of the molecule is Cc1ccc(NC(=O)CCC(=O)c2cccnc2)cc1N1CCCS1(=O)=O. The summed E-state index contributed by atoms with van der Waals surface area (Å²) in [6, 6.07) is 8.50. The highest BCUT2D eigenvalue weighted by atomic mass is 32.2. The molecular formula is C19H21N3O4S. The zero-order valence-electron chi connectivity index (χ0n) is 15.0. The molecule has 1 fully saturated rings. The average Bonchev–Trinajstić information content (AvgIpc) is 3.01. The standard InChI is InChI=1S/C19H21N3O4S/c1-14-5-6-16(12-17(14)22-10-3-11-27(22,25)26)21-19(24)8-7-18(23)15-4-2-9-20-13-15/h2,4-6,9,12-13H,3,7-8,10-11H2,1H3,(H,21,24). The molecule has 8 heteroatoms. The number of nitrogens with one attached hydrogen (secondary N) is 1. The smallest absolute Gasteiger partial charge is 0.235 e. The molecule has 0 radical (unpaired) electrons. The number of carbonyl (C=O) groups excluding carboxylic acids is 2. The van der Waals surface area contributed by atoms with Crippen molar-refractivity contribution in [3.05, 3.63) is 53.9 Å². The molecule has 0 spiro atoms. The second-order valence-electron chi connectivity index (χ2n) is 6.46. The minimum Gasteiger partial charge on any atom is -0.326 e. The molecule has 0 saturated carbocycles. The molecule has 27 heavy (non-hydrogen) atoms. The maximum Gasteiger partial charge on any atom is 0.235 e. The quantitative estimate of drug-likeness (QED) is 0.769. The van der Waals surface area contributed by atoms with Crippen LogP contribution in [0.3, 0.4) is 0 Å². The van der Waals surface area contributed by atoms with Crippen molar-refractivity contribution in [3.63, 3.8) is 0 Å². The van der Waals surface area contributed by atoms with Gasteiger partial charge in [0.05, 0.1) is 11.4 Å². The highest BCUT2D eigenvalue weighted by molar-refractivity contribution is 7.93. The Morgan fingerprint density at radius 3 is 2.70 bits per heavy atom. The van der Waals surface area contributed by atoms with Gasteiger partial charge in [0.15, 0.2) is 5.78 Å². The van der Waals surface area contributed by atoms with E-state index in [2.05, 4.69) is 10.3 Å². The normalized spacial score (nSPS) is 15.5. The zero-order valence-corrected chi connectivity index (χ0v) is 15.8.